The van der Waals surface area contributed by atoms with Gasteiger partial charge in [0.15, 0.2) is 5.75 Å². The molecule has 0 aromatic heterocycles. The Kier molecular flexibility index (Phi) is 6.58. The number of rotatable bonds is 5. The Morgan fingerprint density at radius 2 is 1.78 bits per heavy atom. The van der Waals surface area contributed by atoms with Crippen molar-refractivity contribution in [2.45, 2.75) is 0 Å². The summed E-state index contributed by atoms with van der Waals surface area (Å²) in [5.41, 5.74) is -0.435. The van der Waals surface area contributed by atoms with Crippen molar-refractivity contribution in [1.82, 2.24) is 0 Å². The first-order valence-electron chi connectivity index (χ1n) is 6.09. The summed E-state index contributed by atoms with van der Waals surface area (Å²) in [4.78, 5) is 34.6. The standard InChI is InChI=1S/C14H14BrNO7/c1-21-11(17)6-10(14(20)23-3)16-9-5-7(15)4-8(12(9)18)13(19)22-2/h4-6,16,18H,1-3H3/b10-6+. The van der Waals surface area contributed by atoms with Crippen molar-refractivity contribution in [2.75, 3.05) is 26.6 Å². The van der Waals surface area contributed by atoms with E-state index in [0.29, 0.717) is 4.47 Å². The van der Waals surface area contributed by atoms with Crippen LogP contribution in [0.1, 0.15) is 10.4 Å². The molecule has 0 saturated carbocycles. The molecule has 0 aliphatic rings. The number of esters is 3. The van der Waals surface area contributed by atoms with Crippen LogP contribution in [-0.2, 0) is 23.8 Å². The van der Waals surface area contributed by atoms with Crippen molar-refractivity contribution in [2.24, 2.45) is 0 Å². The van der Waals surface area contributed by atoms with Crippen molar-refractivity contribution in [1.29, 1.82) is 0 Å². The van der Waals surface area contributed by atoms with Gasteiger partial charge in [0.2, 0.25) is 0 Å². The molecule has 1 aromatic carbocycles. The molecule has 0 fully saturated rings. The molecule has 0 unspecified atom stereocenters. The molecule has 9 heteroatoms. The zero-order chi connectivity index (χ0) is 17.6. The lowest BCUT2D eigenvalue weighted by molar-refractivity contribution is -0.138. The van der Waals surface area contributed by atoms with Crippen LogP contribution in [0.2, 0.25) is 0 Å². The first-order valence-corrected chi connectivity index (χ1v) is 6.89. The molecule has 8 nitrogen and oxygen atoms in total. The number of carbonyl (C=O) groups excluding carboxylic acids is 3. The van der Waals surface area contributed by atoms with Gasteiger partial charge >= 0.3 is 17.9 Å². The third-order valence-electron chi connectivity index (χ3n) is 2.62. The third-order valence-corrected chi connectivity index (χ3v) is 3.08. The van der Waals surface area contributed by atoms with Crippen LogP contribution in [0.25, 0.3) is 0 Å². The number of aromatic hydroxyl groups is 1. The molecule has 1 rings (SSSR count). The minimum Gasteiger partial charge on any atom is -0.505 e. The molecule has 0 aliphatic heterocycles. The summed E-state index contributed by atoms with van der Waals surface area (Å²) in [5.74, 6) is -2.90. The highest BCUT2D eigenvalue weighted by Crippen LogP contribution is 2.33. The third kappa shape index (κ3) is 4.71. The minimum absolute atomic E-state index is 0.0136. The van der Waals surface area contributed by atoms with Crippen molar-refractivity contribution in [3.63, 3.8) is 0 Å². The molecular formula is C14H14BrNO7. The average molecular weight is 388 g/mol. The molecule has 0 radical (unpaired) electrons. The quantitative estimate of drug-likeness (QED) is 0.339. The molecule has 0 atom stereocenters. The number of benzene rings is 1. The summed E-state index contributed by atoms with van der Waals surface area (Å²) in [7, 11) is 3.42. The average Bonchev–Trinajstić information content (AvgIpc) is 2.55. The first kappa shape index (κ1) is 18.5. The van der Waals surface area contributed by atoms with E-state index < -0.39 is 23.7 Å². The van der Waals surface area contributed by atoms with Crippen LogP contribution in [0.3, 0.4) is 0 Å². The topological polar surface area (TPSA) is 111 Å². The van der Waals surface area contributed by atoms with Crippen molar-refractivity contribution in [3.05, 3.63) is 33.9 Å². The SMILES string of the molecule is COC(=O)/C=C(/Nc1cc(Br)cc(C(=O)OC)c1O)C(=O)OC. The van der Waals surface area contributed by atoms with Crippen LogP contribution in [0, 0.1) is 0 Å². The Hall–Kier alpha value is -2.55. The van der Waals surface area contributed by atoms with Crippen LogP contribution >= 0.6 is 15.9 Å². The number of phenols is 1. The number of ether oxygens (including phenoxy) is 3. The summed E-state index contributed by atoms with van der Waals surface area (Å²) in [6.07, 6.45) is 0.851. The summed E-state index contributed by atoms with van der Waals surface area (Å²) >= 11 is 3.17. The normalized spacial score (nSPS) is 10.7. The second kappa shape index (κ2) is 8.18. The number of hydrogen-bond acceptors (Lipinski definition) is 8. The second-order valence-electron chi connectivity index (χ2n) is 4.04. The molecule has 2 N–H and O–H groups in total. The van der Waals surface area contributed by atoms with Crippen LogP contribution in [-0.4, -0.2) is 44.3 Å². The van der Waals surface area contributed by atoms with E-state index in [-0.39, 0.29) is 16.9 Å². The monoisotopic (exact) mass is 387 g/mol. The Labute approximate surface area is 140 Å². The number of nitrogens with one attached hydrogen (secondary N) is 1. The molecule has 23 heavy (non-hydrogen) atoms. The molecule has 0 spiro atoms. The van der Waals surface area contributed by atoms with E-state index >= 15 is 0 Å². The molecular weight excluding hydrogens is 374 g/mol. The lowest BCUT2D eigenvalue weighted by Crippen LogP contribution is -2.16. The van der Waals surface area contributed by atoms with Crippen molar-refractivity contribution in [3.8, 4) is 5.75 Å². The van der Waals surface area contributed by atoms with E-state index in [1.54, 1.807) is 0 Å². The Balaban J connectivity index is 3.31. The Morgan fingerprint density at radius 1 is 1.13 bits per heavy atom. The van der Waals surface area contributed by atoms with E-state index in [4.69, 9.17) is 0 Å². The van der Waals surface area contributed by atoms with Gasteiger partial charge in [-0.1, -0.05) is 15.9 Å². The van der Waals surface area contributed by atoms with Crippen LogP contribution in [0.15, 0.2) is 28.4 Å². The van der Waals surface area contributed by atoms with Crippen LogP contribution in [0.5, 0.6) is 5.75 Å². The predicted octanol–water partition coefficient (Wildman–Crippen LogP) is 1.58. The fraction of sp³-hybridized carbons (Fsp3) is 0.214. The number of carbonyl (C=O) groups is 3. The summed E-state index contributed by atoms with van der Waals surface area (Å²) in [6.45, 7) is 0. The molecule has 0 heterocycles. The Morgan fingerprint density at radius 3 is 2.30 bits per heavy atom. The van der Waals surface area contributed by atoms with Gasteiger partial charge in [-0.05, 0) is 12.1 Å². The zero-order valence-electron chi connectivity index (χ0n) is 12.5. The Bertz CT molecular complexity index is 669. The maximum Gasteiger partial charge on any atom is 0.354 e. The lowest BCUT2D eigenvalue weighted by atomic mass is 10.1. The molecule has 0 bridgehead atoms. The fourth-order valence-electron chi connectivity index (χ4n) is 1.54. The van der Waals surface area contributed by atoms with E-state index in [1.807, 2.05) is 0 Å². The van der Waals surface area contributed by atoms with Gasteiger partial charge in [0.1, 0.15) is 11.3 Å². The van der Waals surface area contributed by atoms with Gasteiger partial charge in [-0.15, -0.1) is 0 Å². The zero-order valence-corrected chi connectivity index (χ0v) is 14.1. The van der Waals surface area contributed by atoms with Crippen molar-refractivity contribution >= 4 is 39.5 Å². The van der Waals surface area contributed by atoms with E-state index in [1.165, 1.54) is 12.1 Å². The maximum atomic E-state index is 11.7. The number of methoxy groups -OCH3 is 3. The van der Waals surface area contributed by atoms with Crippen molar-refractivity contribution < 1.29 is 33.7 Å². The second-order valence-corrected chi connectivity index (χ2v) is 4.95. The van der Waals surface area contributed by atoms with Gasteiger partial charge in [-0.25, -0.2) is 14.4 Å². The fourth-order valence-corrected chi connectivity index (χ4v) is 2.00. The molecule has 0 aliphatic carbocycles. The predicted molar refractivity (Wildman–Crippen MR) is 82.9 cm³/mol. The van der Waals surface area contributed by atoms with Gasteiger partial charge in [0.05, 0.1) is 33.1 Å². The number of anilines is 1. The number of phenolic OH excluding ortho intramolecular Hbond substituents is 1. The highest BCUT2D eigenvalue weighted by molar-refractivity contribution is 9.10. The molecule has 124 valence electrons. The van der Waals surface area contributed by atoms with Gasteiger partial charge < -0.3 is 24.6 Å². The lowest BCUT2D eigenvalue weighted by Gasteiger charge is -2.13. The highest BCUT2D eigenvalue weighted by Gasteiger charge is 2.20. The van der Waals surface area contributed by atoms with E-state index in [9.17, 15) is 19.5 Å². The molecule has 0 amide bonds. The summed E-state index contributed by atoms with van der Waals surface area (Å²) in [6, 6.07) is 2.74. The molecule has 1 aromatic rings. The van der Waals surface area contributed by atoms with Gasteiger partial charge in [-0.2, -0.15) is 0 Å². The summed E-state index contributed by atoms with van der Waals surface area (Å²) in [5, 5.41) is 12.7. The minimum atomic E-state index is -0.866. The smallest absolute Gasteiger partial charge is 0.354 e. The van der Waals surface area contributed by atoms with Gasteiger partial charge in [0.25, 0.3) is 0 Å². The van der Waals surface area contributed by atoms with E-state index in [0.717, 1.165) is 27.4 Å². The molecule has 0 saturated heterocycles. The van der Waals surface area contributed by atoms with Gasteiger partial charge in [-0.3, -0.25) is 0 Å². The van der Waals surface area contributed by atoms with Gasteiger partial charge in [0, 0.05) is 4.47 Å². The largest absolute Gasteiger partial charge is 0.505 e. The number of hydrogen-bond donors (Lipinski definition) is 2. The summed E-state index contributed by atoms with van der Waals surface area (Å²) < 4.78 is 14.0. The number of halogens is 1. The van der Waals surface area contributed by atoms with E-state index in [2.05, 4.69) is 35.5 Å². The first-order chi connectivity index (χ1) is 10.8. The van der Waals surface area contributed by atoms with Crippen LogP contribution < -0.4 is 5.32 Å². The highest BCUT2D eigenvalue weighted by atomic mass is 79.9. The van der Waals surface area contributed by atoms with Crippen LogP contribution in [0.4, 0.5) is 5.69 Å². The maximum absolute atomic E-state index is 11.7.